The van der Waals surface area contributed by atoms with Crippen molar-refractivity contribution in [2.75, 3.05) is 12.0 Å². The lowest BCUT2D eigenvalue weighted by atomic mass is 9.92. The number of alkyl halides is 1. The maximum absolute atomic E-state index is 12.2. The molecule has 0 saturated carbocycles. The Labute approximate surface area is 161 Å². The van der Waals surface area contributed by atoms with Gasteiger partial charge in [0.15, 0.2) is 11.5 Å². The summed E-state index contributed by atoms with van der Waals surface area (Å²) in [6.07, 6.45) is 0. The number of phenols is 1. The predicted molar refractivity (Wildman–Crippen MR) is 100 cm³/mol. The van der Waals surface area contributed by atoms with Crippen LogP contribution in [0.25, 0.3) is 0 Å². The number of phenolic OH excluding ortho intramolecular Hbond substituents is 1. The number of anilines is 1. The maximum atomic E-state index is 12.2. The Morgan fingerprint density at radius 3 is 2.52 bits per heavy atom. The van der Waals surface area contributed by atoms with Gasteiger partial charge in [0.1, 0.15) is 5.38 Å². The molecule has 1 aliphatic rings. The molecule has 1 amide bonds. The summed E-state index contributed by atoms with van der Waals surface area (Å²) in [5, 5.41) is 20.0. The van der Waals surface area contributed by atoms with E-state index >= 15 is 0 Å². The monoisotopic (exact) mass is 474 g/mol. The molecule has 2 atom stereocenters. The average Bonchev–Trinajstić information content (AvgIpc) is 2.61. The number of hydrogen-bond donors (Lipinski definition) is 1. The first-order valence-electron chi connectivity index (χ1n) is 7.13. The molecule has 130 valence electrons. The fourth-order valence-electron chi connectivity index (χ4n) is 2.71. The van der Waals surface area contributed by atoms with Crippen molar-refractivity contribution in [3.63, 3.8) is 0 Å². The van der Waals surface area contributed by atoms with E-state index in [4.69, 9.17) is 16.3 Å². The predicted octanol–water partition coefficient (Wildman–Crippen LogP) is 3.61. The zero-order chi connectivity index (χ0) is 18.3. The van der Waals surface area contributed by atoms with Gasteiger partial charge in [0.25, 0.3) is 5.69 Å². The van der Waals surface area contributed by atoms with Crippen LogP contribution < -0.4 is 9.64 Å². The lowest BCUT2D eigenvalue weighted by Gasteiger charge is -2.44. The number of methoxy groups -OCH3 is 1. The van der Waals surface area contributed by atoms with Crippen molar-refractivity contribution in [2.24, 2.45) is 0 Å². The molecule has 2 unspecified atom stereocenters. The summed E-state index contributed by atoms with van der Waals surface area (Å²) in [5.41, 5.74) is 1.16. The molecule has 3 rings (SSSR count). The van der Waals surface area contributed by atoms with Crippen LogP contribution in [0.3, 0.4) is 0 Å². The minimum absolute atomic E-state index is 0.0190. The molecule has 1 aliphatic heterocycles. The molecule has 7 nitrogen and oxygen atoms in total. The highest BCUT2D eigenvalue weighted by molar-refractivity contribution is 14.1. The van der Waals surface area contributed by atoms with Gasteiger partial charge in [0.2, 0.25) is 5.91 Å². The molecule has 9 heteroatoms. The zero-order valence-electron chi connectivity index (χ0n) is 12.8. The first-order chi connectivity index (χ1) is 11.8. The summed E-state index contributed by atoms with van der Waals surface area (Å²) in [4.78, 5) is 24.0. The molecule has 0 bridgehead atoms. The topological polar surface area (TPSA) is 92.9 Å². The zero-order valence-corrected chi connectivity index (χ0v) is 15.8. The quantitative estimate of drug-likeness (QED) is 0.240. The van der Waals surface area contributed by atoms with Gasteiger partial charge in [-0.1, -0.05) is 0 Å². The van der Waals surface area contributed by atoms with Crippen LogP contribution in [0.1, 0.15) is 11.6 Å². The van der Waals surface area contributed by atoms with E-state index in [1.165, 1.54) is 36.3 Å². The number of rotatable bonds is 4. The molecule has 0 aromatic heterocycles. The first-order valence-corrected chi connectivity index (χ1v) is 8.64. The number of benzene rings is 2. The molecular weight excluding hydrogens is 463 g/mol. The van der Waals surface area contributed by atoms with E-state index in [-0.39, 0.29) is 23.1 Å². The molecule has 0 aliphatic carbocycles. The van der Waals surface area contributed by atoms with Crippen molar-refractivity contribution in [3.05, 3.63) is 55.6 Å². The van der Waals surface area contributed by atoms with Crippen molar-refractivity contribution in [2.45, 2.75) is 11.4 Å². The van der Waals surface area contributed by atoms with Crippen LogP contribution in [0, 0.1) is 13.7 Å². The summed E-state index contributed by atoms with van der Waals surface area (Å²) in [6, 6.07) is 8.58. The summed E-state index contributed by atoms with van der Waals surface area (Å²) in [6.45, 7) is 0. The largest absolute Gasteiger partial charge is 0.504 e. The normalized spacial score (nSPS) is 19.5. The highest BCUT2D eigenvalue weighted by atomic mass is 127. The van der Waals surface area contributed by atoms with Crippen LogP contribution in [0.5, 0.6) is 11.5 Å². The third-order valence-electron chi connectivity index (χ3n) is 3.98. The van der Waals surface area contributed by atoms with Gasteiger partial charge in [0.05, 0.1) is 21.6 Å². The molecule has 2 aromatic carbocycles. The standard InChI is InChI=1S/C16H12ClIN2O5/c1-25-12-7-8(6-11(18)15(12)21)14-13(17)16(22)19(14)9-2-4-10(5-3-9)20(23)24/h2-7,13-14,21H,1H3. The van der Waals surface area contributed by atoms with Crippen molar-refractivity contribution in [3.8, 4) is 11.5 Å². The molecule has 1 saturated heterocycles. The summed E-state index contributed by atoms with van der Waals surface area (Å²) < 4.78 is 5.72. The number of aromatic hydroxyl groups is 1. The maximum Gasteiger partial charge on any atom is 0.269 e. The van der Waals surface area contributed by atoms with Gasteiger partial charge in [-0.15, -0.1) is 11.6 Å². The lowest BCUT2D eigenvalue weighted by molar-refractivity contribution is -0.384. The van der Waals surface area contributed by atoms with Crippen molar-refractivity contribution in [1.29, 1.82) is 0 Å². The third-order valence-corrected chi connectivity index (χ3v) is 5.23. The number of amides is 1. The van der Waals surface area contributed by atoms with Crippen LogP contribution in [0.2, 0.25) is 0 Å². The third kappa shape index (κ3) is 2.99. The smallest absolute Gasteiger partial charge is 0.269 e. The second kappa shape index (κ2) is 6.68. The van der Waals surface area contributed by atoms with Gasteiger partial charge >= 0.3 is 0 Å². The number of nitrogens with zero attached hydrogens (tertiary/aromatic N) is 2. The Bertz CT molecular complexity index is 858. The fourth-order valence-corrected chi connectivity index (χ4v) is 3.70. The number of non-ortho nitro benzene ring substituents is 1. The molecule has 1 N–H and O–H groups in total. The van der Waals surface area contributed by atoms with E-state index in [0.717, 1.165) is 0 Å². The molecule has 2 aromatic rings. The van der Waals surface area contributed by atoms with Crippen LogP contribution in [0.4, 0.5) is 11.4 Å². The molecule has 25 heavy (non-hydrogen) atoms. The molecule has 1 heterocycles. The van der Waals surface area contributed by atoms with Crippen molar-refractivity contribution >= 4 is 51.5 Å². The molecule has 1 fully saturated rings. The highest BCUT2D eigenvalue weighted by Crippen LogP contribution is 2.45. The molecule has 0 spiro atoms. The number of ether oxygens (including phenoxy) is 1. The van der Waals surface area contributed by atoms with Crippen molar-refractivity contribution in [1.82, 2.24) is 0 Å². The number of carbonyl (C=O) groups excluding carboxylic acids is 1. The second-order valence-electron chi connectivity index (χ2n) is 5.38. The summed E-state index contributed by atoms with van der Waals surface area (Å²) >= 11 is 8.18. The van der Waals surface area contributed by atoms with Gasteiger partial charge in [0, 0.05) is 17.8 Å². The lowest BCUT2D eigenvalue weighted by Crippen LogP contribution is -2.56. The summed E-state index contributed by atoms with van der Waals surface area (Å²) in [5.74, 6) is 0.0156. The number of hydrogen-bond acceptors (Lipinski definition) is 5. The van der Waals surface area contributed by atoms with Gasteiger partial charge in [-0.25, -0.2) is 0 Å². The summed E-state index contributed by atoms with van der Waals surface area (Å²) in [7, 11) is 1.44. The van der Waals surface area contributed by atoms with Crippen LogP contribution in [0.15, 0.2) is 36.4 Å². The number of nitro groups is 1. The Morgan fingerprint density at radius 1 is 1.32 bits per heavy atom. The van der Waals surface area contributed by atoms with E-state index < -0.39 is 16.3 Å². The van der Waals surface area contributed by atoms with Gasteiger partial charge in [-0.05, 0) is 52.4 Å². The SMILES string of the molecule is COc1cc(C2C(Cl)C(=O)N2c2ccc([N+](=O)[O-])cc2)cc(I)c1O. The minimum Gasteiger partial charge on any atom is -0.504 e. The Morgan fingerprint density at radius 2 is 1.96 bits per heavy atom. The van der Waals surface area contributed by atoms with E-state index in [0.29, 0.717) is 14.8 Å². The molecular formula is C16H12ClIN2O5. The van der Waals surface area contributed by atoms with E-state index in [9.17, 15) is 20.0 Å². The van der Waals surface area contributed by atoms with Gasteiger partial charge in [-0.2, -0.15) is 0 Å². The molecule has 0 radical (unpaired) electrons. The first kappa shape index (κ1) is 17.7. The Kier molecular flexibility index (Phi) is 4.74. The van der Waals surface area contributed by atoms with Gasteiger partial charge < -0.3 is 14.7 Å². The average molecular weight is 475 g/mol. The number of β-lactam (4-membered cyclic amide) rings is 1. The van der Waals surface area contributed by atoms with Crippen molar-refractivity contribution < 1.29 is 19.6 Å². The number of carbonyl (C=O) groups is 1. The highest BCUT2D eigenvalue weighted by Gasteiger charge is 2.48. The van der Waals surface area contributed by atoms with Crippen LogP contribution in [-0.4, -0.2) is 28.4 Å². The van der Waals surface area contributed by atoms with Gasteiger partial charge in [-0.3, -0.25) is 14.9 Å². The van der Waals surface area contributed by atoms with E-state index in [1.807, 2.05) is 22.6 Å². The second-order valence-corrected chi connectivity index (χ2v) is 7.01. The van der Waals surface area contributed by atoms with E-state index in [1.54, 1.807) is 12.1 Å². The Balaban J connectivity index is 1.99. The Hall–Kier alpha value is -2.07. The van der Waals surface area contributed by atoms with Crippen LogP contribution >= 0.6 is 34.2 Å². The fraction of sp³-hybridized carbons (Fsp3) is 0.188. The van der Waals surface area contributed by atoms with E-state index in [2.05, 4.69) is 0 Å². The minimum atomic E-state index is -0.764. The van der Waals surface area contributed by atoms with Crippen LogP contribution in [-0.2, 0) is 4.79 Å². The number of nitro benzene ring substituents is 1. The number of halogens is 2.